The molecule has 0 N–H and O–H groups in total. The number of fused-ring (bicyclic) bond motifs is 1. The van der Waals surface area contributed by atoms with E-state index in [0.717, 1.165) is 27.9 Å². The van der Waals surface area contributed by atoms with Crippen LogP contribution in [0.2, 0.25) is 0 Å². The summed E-state index contributed by atoms with van der Waals surface area (Å²) >= 11 is 0. The third-order valence-electron chi connectivity index (χ3n) is 5.59. The van der Waals surface area contributed by atoms with Crippen molar-refractivity contribution in [3.8, 4) is 17.3 Å². The van der Waals surface area contributed by atoms with Gasteiger partial charge in [-0.15, -0.1) is 0 Å². The molecule has 160 valence electrons. The van der Waals surface area contributed by atoms with Crippen molar-refractivity contribution in [2.45, 2.75) is 33.1 Å². The lowest BCUT2D eigenvalue weighted by molar-refractivity contribution is -0.121. The number of carbonyl (C=O) groups is 1. The third kappa shape index (κ3) is 4.21. The quantitative estimate of drug-likeness (QED) is 0.452. The number of benzene rings is 1. The van der Waals surface area contributed by atoms with E-state index in [-0.39, 0.29) is 18.3 Å². The summed E-state index contributed by atoms with van der Waals surface area (Å²) in [5, 5.41) is 5.60. The van der Waals surface area contributed by atoms with Crippen LogP contribution in [0.3, 0.4) is 0 Å². The second-order valence-electron chi connectivity index (χ2n) is 8.18. The van der Waals surface area contributed by atoms with E-state index in [4.69, 9.17) is 4.74 Å². The first-order valence-corrected chi connectivity index (χ1v) is 10.4. The number of carbonyl (C=O) groups excluding carboxylic acids is 1. The molecule has 7 heteroatoms. The molecule has 3 aromatic heterocycles. The number of pyridine rings is 1. The molecule has 31 heavy (non-hydrogen) atoms. The molecule has 4 rings (SSSR count). The molecule has 1 aromatic carbocycles. The highest BCUT2D eigenvalue weighted by atomic mass is 16.5. The zero-order chi connectivity index (χ0) is 22.1. The fourth-order valence-electron chi connectivity index (χ4n) is 3.81. The Balaban J connectivity index is 1.49. The van der Waals surface area contributed by atoms with Crippen LogP contribution in [0.4, 0.5) is 0 Å². The minimum Gasteiger partial charge on any atom is -0.470 e. The number of hydrogen-bond acceptors (Lipinski definition) is 5. The van der Waals surface area contributed by atoms with E-state index in [2.05, 4.69) is 53.2 Å². The van der Waals surface area contributed by atoms with Crippen molar-refractivity contribution < 1.29 is 9.53 Å². The normalized spacial score (nSPS) is 12.3. The highest BCUT2D eigenvalue weighted by molar-refractivity contribution is 5.93. The summed E-state index contributed by atoms with van der Waals surface area (Å²) in [5.41, 5.74) is 5.83. The molecular weight excluding hydrogens is 390 g/mol. The Labute approximate surface area is 181 Å². The number of ether oxygens (including phenoxy) is 1. The maximum Gasteiger partial charge on any atom is 0.215 e. The lowest BCUT2D eigenvalue weighted by Gasteiger charge is -2.12. The van der Waals surface area contributed by atoms with Crippen molar-refractivity contribution in [3.05, 3.63) is 59.5 Å². The van der Waals surface area contributed by atoms with Crippen molar-refractivity contribution in [3.63, 3.8) is 0 Å². The number of Topliss-reactive ketones (excluding diaryl/α,β-unsaturated/α-hetero) is 1. The summed E-state index contributed by atoms with van der Waals surface area (Å²) in [6.45, 7) is 6.12. The first kappa shape index (κ1) is 20.8. The van der Waals surface area contributed by atoms with Crippen LogP contribution < -0.4 is 4.74 Å². The maximum absolute atomic E-state index is 12.5. The standard InChI is InChI=1S/C24H27N5O2/c1-15-6-8-18(9-7-15)16(2)10-19(30)13-31-21-11-17(3)22-23(20-12-25-14-28(20)4)27-29(5)24(22)26-21/h6-9,11-12,14,16H,10,13H2,1-5H3/t16-/m1/s1. The number of nitrogens with zero attached hydrogens (tertiary/aromatic N) is 5. The van der Waals surface area contributed by atoms with E-state index >= 15 is 0 Å². The average molecular weight is 418 g/mol. The second kappa shape index (κ2) is 8.34. The highest BCUT2D eigenvalue weighted by Crippen LogP contribution is 2.31. The smallest absolute Gasteiger partial charge is 0.215 e. The molecule has 4 aromatic rings. The minimum atomic E-state index is 0.000582. The maximum atomic E-state index is 12.5. The summed E-state index contributed by atoms with van der Waals surface area (Å²) < 4.78 is 9.44. The number of ketones is 1. The zero-order valence-corrected chi connectivity index (χ0v) is 18.6. The lowest BCUT2D eigenvalue weighted by Crippen LogP contribution is -2.14. The van der Waals surface area contributed by atoms with Crippen molar-refractivity contribution >= 4 is 16.8 Å². The number of hydrogen-bond donors (Lipinski definition) is 0. The third-order valence-corrected chi connectivity index (χ3v) is 5.59. The van der Waals surface area contributed by atoms with Crippen molar-refractivity contribution in [2.75, 3.05) is 6.61 Å². The van der Waals surface area contributed by atoms with Crippen LogP contribution in [0.1, 0.15) is 36.0 Å². The summed E-state index contributed by atoms with van der Waals surface area (Å²) in [7, 11) is 3.79. The summed E-state index contributed by atoms with van der Waals surface area (Å²) in [5.74, 6) is 0.626. The fourth-order valence-corrected chi connectivity index (χ4v) is 3.81. The topological polar surface area (TPSA) is 74.8 Å². The molecule has 3 heterocycles. The van der Waals surface area contributed by atoms with Gasteiger partial charge in [-0.2, -0.15) is 10.1 Å². The second-order valence-corrected chi connectivity index (χ2v) is 8.18. The van der Waals surface area contributed by atoms with E-state index in [1.165, 1.54) is 5.56 Å². The van der Waals surface area contributed by atoms with Gasteiger partial charge in [-0.1, -0.05) is 36.8 Å². The summed E-state index contributed by atoms with van der Waals surface area (Å²) in [4.78, 5) is 21.3. The van der Waals surface area contributed by atoms with Gasteiger partial charge >= 0.3 is 0 Å². The highest BCUT2D eigenvalue weighted by Gasteiger charge is 2.19. The molecule has 0 radical (unpaired) electrons. The van der Waals surface area contributed by atoms with Gasteiger partial charge in [0.25, 0.3) is 0 Å². The van der Waals surface area contributed by atoms with E-state index in [1.807, 2.05) is 31.7 Å². The lowest BCUT2D eigenvalue weighted by atomic mass is 9.95. The van der Waals surface area contributed by atoms with Gasteiger partial charge in [0.1, 0.15) is 12.3 Å². The van der Waals surface area contributed by atoms with E-state index in [9.17, 15) is 4.79 Å². The van der Waals surface area contributed by atoms with Crippen LogP contribution in [-0.4, -0.2) is 36.7 Å². The van der Waals surface area contributed by atoms with Crippen molar-refractivity contribution in [1.29, 1.82) is 0 Å². The van der Waals surface area contributed by atoms with E-state index in [0.29, 0.717) is 17.9 Å². The SMILES string of the molecule is Cc1ccc([C@H](C)CC(=O)COc2cc(C)c3c(-c4cncn4C)nn(C)c3n2)cc1. The molecular formula is C24H27N5O2. The monoisotopic (exact) mass is 417 g/mol. The Kier molecular flexibility index (Phi) is 5.59. The molecule has 0 aliphatic heterocycles. The van der Waals surface area contributed by atoms with Gasteiger partial charge in [0, 0.05) is 26.6 Å². The van der Waals surface area contributed by atoms with Gasteiger partial charge in [0.2, 0.25) is 5.88 Å². The Morgan fingerprint density at radius 2 is 1.90 bits per heavy atom. The van der Waals surface area contributed by atoms with Crippen LogP contribution in [0.15, 0.2) is 42.9 Å². The van der Waals surface area contributed by atoms with Crippen LogP contribution >= 0.6 is 0 Å². The Bertz CT molecular complexity index is 1240. The Hall–Kier alpha value is -3.48. The molecule has 0 amide bonds. The first-order valence-electron chi connectivity index (χ1n) is 10.4. The van der Waals surface area contributed by atoms with Gasteiger partial charge in [0.15, 0.2) is 11.4 Å². The van der Waals surface area contributed by atoms with Crippen LogP contribution in [0, 0.1) is 13.8 Å². The van der Waals surface area contributed by atoms with Crippen molar-refractivity contribution in [2.24, 2.45) is 14.1 Å². The predicted molar refractivity (Wildman–Crippen MR) is 120 cm³/mol. The molecule has 0 saturated carbocycles. The van der Waals surface area contributed by atoms with E-state index < -0.39 is 0 Å². The van der Waals surface area contributed by atoms with E-state index in [1.54, 1.807) is 17.2 Å². The summed E-state index contributed by atoms with van der Waals surface area (Å²) in [6, 6.07) is 10.2. The average Bonchev–Trinajstić information content (AvgIpc) is 3.30. The van der Waals surface area contributed by atoms with Crippen molar-refractivity contribution in [1.82, 2.24) is 24.3 Å². The number of aryl methyl sites for hydroxylation is 4. The van der Waals surface area contributed by atoms with Gasteiger partial charge < -0.3 is 9.30 Å². The predicted octanol–water partition coefficient (Wildman–Crippen LogP) is 4.13. The van der Waals surface area contributed by atoms with Crippen LogP contribution in [0.25, 0.3) is 22.4 Å². The molecule has 0 aliphatic rings. The molecule has 0 spiro atoms. The van der Waals surface area contributed by atoms with Gasteiger partial charge in [-0.3, -0.25) is 4.79 Å². The Morgan fingerprint density at radius 3 is 2.58 bits per heavy atom. The molecule has 0 unspecified atom stereocenters. The van der Waals surface area contributed by atoms with Gasteiger partial charge in [0.05, 0.1) is 23.6 Å². The fraction of sp³-hybridized carbons (Fsp3) is 0.333. The Morgan fingerprint density at radius 1 is 1.16 bits per heavy atom. The molecule has 0 saturated heterocycles. The number of imidazole rings is 1. The van der Waals surface area contributed by atoms with Gasteiger partial charge in [-0.05, 0) is 30.9 Å². The summed E-state index contributed by atoms with van der Waals surface area (Å²) in [6.07, 6.45) is 3.97. The first-order chi connectivity index (χ1) is 14.8. The number of aromatic nitrogens is 5. The molecule has 7 nitrogen and oxygen atoms in total. The minimum absolute atomic E-state index is 0.000582. The largest absolute Gasteiger partial charge is 0.470 e. The molecule has 1 atom stereocenters. The molecule has 0 fully saturated rings. The van der Waals surface area contributed by atoms with Gasteiger partial charge in [-0.25, -0.2) is 9.67 Å². The number of rotatable bonds is 7. The molecule has 0 bridgehead atoms. The molecule has 0 aliphatic carbocycles. The zero-order valence-electron chi connectivity index (χ0n) is 18.6. The van der Waals surface area contributed by atoms with Crippen LogP contribution in [0.5, 0.6) is 5.88 Å². The van der Waals surface area contributed by atoms with Crippen LogP contribution in [-0.2, 0) is 18.9 Å².